The third kappa shape index (κ3) is 2.26. The van der Waals surface area contributed by atoms with Crippen LogP contribution in [0.15, 0.2) is 36.7 Å². The number of benzene rings is 1. The Morgan fingerprint density at radius 3 is 3.00 bits per heavy atom. The maximum atomic E-state index is 4.64. The summed E-state index contributed by atoms with van der Waals surface area (Å²) in [4.78, 5) is 12.3. The van der Waals surface area contributed by atoms with Gasteiger partial charge in [0.2, 0.25) is 5.95 Å². The van der Waals surface area contributed by atoms with Crippen LogP contribution in [0, 0.1) is 0 Å². The first-order valence-electron chi connectivity index (χ1n) is 7.67. The van der Waals surface area contributed by atoms with E-state index in [0.29, 0.717) is 12.0 Å². The highest BCUT2D eigenvalue weighted by Gasteiger charge is 2.23. The van der Waals surface area contributed by atoms with Crippen LogP contribution in [0.3, 0.4) is 0 Å². The van der Waals surface area contributed by atoms with Gasteiger partial charge in [-0.2, -0.15) is 15.1 Å². The predicted molar refractivity (Wildman–Crippen MR) is 89.9 cm³/mol. The van der Waals surface area contributed by atoms with E-state index in [1.807, 2.05) is 30.5 Å². The molecular weight excluding hydrogens is 290 g/mol. The summed E-state index contributed by atoms with van der Waals surface area (Å²) < 4.78 is 0. The summed E-state index contributed by atoms with van der Waals surface area (Å²) in [7, 11) is 0. The van der Waals surface area contributed by atoms with Gasteiger partial charge in [0.15, 0.2) is 0 Å². The van der Waals surface area contributed by atoms with E-state index in [0.717, 1.165) is 33.4 Å². The minimum Gasteiger partial charge on any atom is -0.367 e. The smallest absolute Gasteiger partial charge is 0.231 e. The molecule has 1 aliphatic carbocycles. The van der Waals surface area contributed by atoms with E-state index in [4.69, 9.17) is 0 Å². The number of nitrogens with zero attached hydrogens (tertiary/aromatic N) is 3. The molecule has 0 amide bonds. The Morgan fingerprint density at radius 2 is 2.09 bits per heavy atom. The molecular formula is C16H15N7. The van der Waals surface area contributed by atoms with Crippen LogP contribution >= 0.6 is 0 Å². The van der Waals surface area contributed by atoms with Gasteiger partial charge >= 0.3 is 0 Å². The van der Waals surface area contributed by atoms with Crippen molar-refractivity contribution in [3.05, 3.63) is 36.7 Å². The van der Waals surface area contributed by atoms with Crippen LogP contribution in [0.1, 0.15) is 12.8 Å². The number of aromatic amines is 2. The molecule has 4 N–H and O–H groups in total. The fourth-order valence-electron chi connectivity index (χ4n) is 2.68. The van der Waals surface area contributed by atoms with E-state index in [9.17, 15) is 0 Å². The lowest BCUT2D eigenvalue weighted by Crippen LogP contribution is -2.06. The second kappa shape index (κ2) is 4.70. The fraction of sp³-hybridized carbons (Fsp3) is 0.188. The molecule has 1 saturated carbocycles. The molecule has 0 unspecified atom stereocenters. The van der Waals surface area contributed by atoms with Crippen LogP contribution in [0.2, 0.25) is 0 Å². The van der Waals surface area contributed by atoms with Crippen molar-refractivity contribution in [1.82, 2.24) is 25.1 Å². The van der Waals surface area contributed by atoms with Crippen molar-refractivity contribution in [2.45, 2.75) is 18.9 Å². The highest BCUT2D eigenvalue weighted by Crippen LogP contribution is 2.29. The first-order chi connectivity index (χ1) is 11.3. The third-order valence-electron chi connectivity index (χ3n) is 4.03. The van der Waals surface area contributed by atoms with Crippen LogP contribution in [0.25, 0.3) is 21.9 Å². The molecule has 3 heterocycles. The lowest BCUT2D eigenvalue weighted by Gasteiger charge is -2.09. The number of hydrogen-bond donors (Lipinski definition) is 4. The van der Waals surface area contributed by atoms with Crippen molar-refractivity contribution < 1.29 is 0 Å². The topological polar surface area (TPSA) is 94.3 Å². The SMILES string of the molecule is c1cc2c(NC3CC3)nc(Nc3ccc4[nH]ncc4c3)nc2[nH]1. The fourth-order valence-corrected chi connectivity index (χ4v) is 2.68. The van der Waals surface area contributed by atoms with Gasteiger partial charge in [-0.3, -0.25) is 5.10 Å². The maximum absolute atomic E-state index is 4.64. The van der Waals surface area contributed by atoms with Crippen molar-refractivity contribution in [1.29, 1.82) is 0 Å². The Bertz CT molecular complexity index is 996. The Balaban J connectivity index is 1.53. The minimum absolute atomic E-state index is 0.540. The van der Waals surface area contributed by atoms with Gasteiger partial charge in [-0.1, -0.05) is 0 Å². The first-order valence-corrected chi connectivity index (χ1v) is 7.67. The standard InChI is InChI=1S/C16H15N7/c1-2-10(1)19-15-12-5-6-17-14(12)21-16(22-15)20-11-3-4-13-9(7-11)8-18-23-13/h3-8,10H,1-2H2,(H,18,23)(H3,17,19,20,21,22). The van der Waals surface area contributed by atoms with Crippen molar-refractivity contribution in [2.75, 3.05) is 10.6 Å². The summed E-state index contributed by atoms with van der Waals surface area (Å²) in [5.74, 6) is 1.46. The minimum atomic E-state index is 0.540. The number of hydrogen-bond acceptors (Lipinski definition) is 5. The predicted octanol–water partition coefficient (Wildman–Crippen LogP) is 3.15. The van der Waals surface area contributed by atoms with Crippen molar-refractivity contribution in [2.24, 2.45) is 0 Å². The largest absolute Gasteiger partial charge is 0.367 e. The van der Waals surface area contributed by atoms with Gasteiger partial charge < -0.3 is 15.6 Å². The zero-order chi connectivity index (χ0) is 15.2. The van der Waals surface area contributed by atoms with E-state index < -0.39 is 0 Å². The van der Waals surface area contributed by atoms with E-state index in [-0.39, 0.29) is 0 Å². The van der Waals surface area contributed by atoms with Crippen LogP contribution < -0.4 is 10.6 Å². The van der Waals surface area contributed by atoms with Gasteiger partial charge in [0.05, 0.1) is 17.1 Å². The lowest BCUT2D eigenvalue weighted by atomic mass is 10.2. The molecule has 0 atom stereocenters. The number of anilines is 3. The lowest BCUT2D eigenvalue weighted by molar-refractivity contribution is 1.10. The Labute approximate surface area is 131 Å². The molecule has 0 spiro atoms. The average Bonchev–Trinajstić information content (AvgIpc) is 3.06. The number of nitrogens with one attached hydrogen (secondary N) is 4. The van der Waals surface area contributed by atoms with Gasteiger partial charge in [0, 0.05) is 23.3 Å². The number of H-pyrrole nitrogens is 2. The van der Waals surface area contributed by atoms with Gasteiger partial charge in [-0.25, -0.2) is 0 Å². The summed E-state index contributed by atoms with van der Waals surface area (Å²) >= 11 is 0. The summed E-state index contributed by atoms with van der Waals surface area (Å²) in [6, 6.07) is 8.53. The monoisotopic (exact) mass is 305 g/mol. The molecule has 0 aliphatic heterocycles. The van der Waals surface area contributed by atoms with Gasteiger partial charge in [0.25, 0.3) is 0 Å². The van der Waals surface area contributed by atoms with Gasteiger partial charge in [0.1, 0.15) is 11.5 Å². The molecule has 0 bridgehead atoms. The van der Waals surface area contributed by atoms with E-state index >= 15 is 0 Å². The summed E-state index contributed by atoms with van der Waals surface area (Å²) in [5.41, 5.74) is 2.77. The van der Waals surface area contributed by atoms with Crippen LogP contribution in [-0.2, 0) is 0 Å². The molecule has 3 aromatic heterocycles. The molecule has 114 valence electrons. The van der Waals surface area contributed by atoms with Crippen LogP contribution in [0.4, 0.5) is 17.5 Å². The van der Waals surface area contributed by atoms with Crippen molar-refractivity contribution in [3.8, 4) is 0 Å². The average molecular weight is 305 g/mol. The molecule has 1 aromatic carbocycles. The normalized spacial score (nSPS) is 14.4. The second-order valence-corrected chi connectivity index (χ2v) is 5.85. The molecule has 4 aromatic rings. The van der Waals surface area contributed by atoms with Crippen LogP contribution in [-0.4, -0.2) is 31.2 Å². The number of fused-ring (bicyclic) bond motifs is 2. The maximum Gasteiger partial charge on any atom is 0.231 e. The number of rotatable bonds is 4. The third-order valence-corrected chi connectivity index (χ3v) is 4.03. The Hall–Kier alpha value is -3.09. The van der Waals surface area contributed by atoms with Crippen molar-refractivity contribution in [3.63, 3.8) is 0 Å². The second-order valence-electron chi connectivity index (χ2n) is 5.85. The Morgan fingerprint density at radius 1 is 1.13 bits per heavy atom. The van der Waals surface area contributed by atoms with Crippen LogP contribution in [0.5, 0.6) is 0 Å². The highest BCUT2D eigenvalue weighted by molar-refractivity contribution is 5.89. The molecule has 7 nitrogen and oxygen atoms in total. The quantitative estimate of drug-likeness (QED) is 0.464. The molecule has 0 saturated heterocycles. The highest BCUT2D eigenvalue weighted by atomic mass is 15.2. The summed E-state index contributed by atoms with van der Waals surface area (Å²) in [6.45, 7) is 0. The summed E-state index contributed by atoms with van der Waals surface area (Å²) in [5, 5.41) is 15.8. The molecule has 1 fully saturated rings. The van der Waals surface area contributed by atoms with Gasteiger partial charge in [-0.15, -0.1) is 0 Å². The summed E-state index contributed by atoms with van der Waals surface area (Å²) in [6.07, 6.45) is 6.10. The molecule has 7 heteroatoms. The van der Waals surface area contributed by atoms with E-state index in [2.05, 4.69) is 35.8 Å². The molecule has 0 radical (unpaired) electrons. The number of aromatic nitrogens is 5. The van der Waals surface area contributed by atoms with E-state index in [1.54, 1.807) is 6.20 Å². The Kier molecular flexibility index (Phi) is 2.55. The first kappa shape index (κ1) is 12.5. The molecule has 5 rings (SSSR count). The molecule has 1 aliphatic rings. The zero-order valence-corrected chi connectivity index (χ0v) is 12.3. The van der Waals surface area contributed by atoms with Gasteiger partial charge in [-0.05, 0) is 37.1 Å². The van der Waals surface area contributed by atoms with Crippen molar-refractivity contribution >= 4 is 39.4 Å². The molecule has 23 heavy (non-hydrogen) atoms. The zero-order valence-electron chi connectivity index (χ0n) is 12.3. The van der Waals surface area contributed by atoms with E-state index in [1.165, 1.54) is 12.8 Å².